The zero-order chi connectivity index (χ0) is 11.1. The summed E-state index contributed by atoms with van der Waals surface area (Å²) >= 11 is 3.17. The first-order valence-corrected chi connectivity index (χ1v) is 5.68. The molecule has 0 radical (unpaired) electrons. The highest BCUT2D eigenvalue weighted by atomic mass is 79.9. The van der Waals surface area contributed by atoms with Gasteiger partial charge < -0.3 is 10.5 Å². The Morgan fingerprint density at radius 3 is 2.60 bits per heavy atom. The predicted octanol–water partition coefficient (Wildman–Crippen LogP) is 2.93. The molecule has 0 aliphatic heterocycles. The van der Waals surface area contributed by atoms with E-state index in [9.17, 15) is 4.39 Å². The van der Waals surface area contributed by atoms with Gasteiger partial charge >= 0.3 is 0 Å². The van der Waals surface area contributed by atoms with E-state index in [0.717, 1.165) is 24.8 Å². The highest BCUT2D eigenvalue weighted by Crippen LogP contribution is 2.44. The Labute approximate surface area is 96.7 Å². The lowest BCUT2D eigenvalue weighted by Crippen LogP contribution is -2.43. The van der Waals surface area contributed by atoms with E-state index in [1.807, 2.05) is 0 Å². The fourth-order valence-corrected chi connectivity index (χ4v) is 2.26. The zero-order valence-electron chi connectivity index (χ0n) is 8.52. The largest absolute Gasteiger partial charge is 0.496 e. The van der Waals surface area contributed by atoms with Crippen LogP contribution in [0.5, 0.6) is 5.75 Å². The minimum Gasteiger partial charge on any atom is -0.496 e. The van der Waals surface area contributed by atoms with Crippen LogP contribution in [-0.2, 0) is 5.54 Å². The van der Waals surface area contributed by atoms with E-state index < -0.39 is 0 Å². The Morgan fingerprint density at radius 2 is 2.13 bits per heavy atom. The highest BCUT2D eigenvalue weighted by molar-refractivity contribution is 9.10. The number of methoxy groups -OCH3 is 1. The lowest BCUT2D eigenvalue weighted by molar-refractivity contribution is 0.243. The summed E-state index contributed by atoms with van der Waals surface area (Å²) in [4.78, 5) is 0. The van der Waals surface area contributed by atoms with Gasteiger partial charge in [-0.2, -0.15) is 0 Å². The maximum Gasteiger partial charge on any atom is 0.141 e. The fourth-order valence-electron chi connectivity index (χ4n) is 1.91. The molecule has 0 amide bonds. The molecule has 0 aromatic heterocycles. The smallest absolute Gasteiger partial charge is 0.141 e. The van der Waals surface area contributed by atoms with Crippen LogP contribution in [0.3, 0.4) is 0 Å². The Bertz CT molecular complexity index is 390. The third-order valence-electron chi connectivity index (χ3n) is 3.02. The van der Waals surface area contributed by atoms with Crippen LogP contribution >= 0.6 is 15.9 Å². The predicted molar refractivity (Wildman–Crippen MR) is 60.4 cm³/mol. The molecule has 2 rings (SSSR count). The van der Waals surface area contributed by atoms with Crippen LogP contribution in [0.15, 0.2) is 16.6 Å². The molecular formula is C11H13BrFNO. The molecule has 1 fully saturated rings. The third-order valence-corrected chi connectivity index (χ3v) is 3.63. The van der Waals surface area contributed by atoms with Crippen molar-refractivity contribution >= 4 is 15.9 Å². The van der Waals surface area contributed by atoms with Gasteiger partial charge in [-0.25, -0.2) is 4.39 Å². The second-order valence-electron chi connectivity index (χ2n) is 3.98. The second-order valence-corrected chi connectivity index (χ2v) is 4.83. The van der Waals surface area contributed by atoms with Crippen molar-refractivity contribution in [2.45, 2.75) is 24.8 Å². The standard InChI is InChI=1S/C11H13BrFNO/c1-15-10-6-9(13)8(12)5-7(10)11(14)3-2-4-11/h5-6H,2-4,14H2,1H3. The molecule has 0 unspecified atom stereocenters. The van der Waals surface area contributed by atoms with Gasteiger partial charge in [0.15, 0.2) is 0 Å². The van der Waals surface area contributed by atoms with Crippen molar-refractivity contribution in [3.8, 4) is 5.75 Å². The molecule has 82 valence electrons. The molecule has 0 atom stereocenters. The number of benzene rings is 1. The Hall–Kier alpha value is -0.610. The summed E-state index contributed by atoms with van der Waals surface area (Å²) in [6.45, 7) is 0. The van der Waals surface area contributed by atoms with Crippen LogP contribution in [0.2, 0.25) is 0 Å². The molecule has 15 heavy (non-hydrogen) atoms. The molecule has 0 saturated heterocycles. The van der Waals surface area contributed by atoms with Crippen LogP contribution in [0, 0.1) is 5.82 Å². The maximum atomic E-state index is 13.3. The fraction of sp³-hybridized carbons (Fsp3) is 0.455. The van der Waals surface area contributed by atoms with Gasteiger partial charge in [0.1, 0.15) is 11.6 Å². The van der Waals surface area contributed by atoms with Gasteiger partial charge in [0.25, 0.3) is 0 Å². The number of hydrogen-bond donors (Lipinski definition) is 1. The first-order chi connectivity index (χ1) is 7.07. The van der Waals surface area contributed by atoms with Gasteiger partial charge in [-0.15, -0.1) is 0 Å². The summed E-state index contributed by atoms with van der Waals surface area (Å²) in [5.74, 6) is 0.219. The average molecular weight is 274 g/mol. The molecule has 1 aromatic rings. The molecule has 1 aliphatic rings. The molecule has 0 heterocycles. The molecule has 2 N–H and O–H groups in total. The summed E-state index contributed by atoms with van der Waals surface area (Å²) in [5.41, 5.74) is 6.76. The third kappa shape index (κ3) is 1.76. The Morgan fingerprint density at radius 1 is 1.47 bits per heavy atom. The van der Waals surface area contributed by atoms with Crippen molar-refractivity contribution in [3.63, 3.8) is 0 Å². The first-order valence-electron chi connectivity index (χ1n) is 4.89. The van der Waals surface area contributed by atoms with Crippen molar-refractivity contribution in [1.29, 1.82) is 0 Å². The van der Waals surface area contributed by atoms with Crippen molar-refractivity contribution in [2.75, 3.05) is 7.11 Å². The normalized spacial score (nSPS) is 18.4. The summed E-state index contributed by atoms with van der Waals surface area (Å²) in [5, 5.41) is 0. The number of hydrogen-bond acceptors (Lipinski definition) is 2. The van der Waals surface area contributed by atoms with Gasteiger partial charge in [0, 0.05) is 17.2 Å². The van der Waals surface area contributed by atoms with Crippen molar-refractivity contribution < 1.29 is 9.13 Å². The monoisotopic (exact) mass is 273 g/mol. The van der Waals surface area contributed by atoms with Crippen LogP contribution in [0.4, 0.5) is 4.39 Å². The Balaban J connectivity index is 2.49. The molecule has 0 spiro atoms. The summed E-state index contributed by atoms with van der Waals surface area (Å²) in [6, 6.07) is 3.11. The minimum absolute atomic E-state index is 0.321. The van der Waals surface area contributed by atoms with E-state index in [1.54, 1.807) is 6.07 Å². The van der Waals surface area contributed by atoms with E-state index in [1.165, 1.54) is 13.2 Å². The maximum absolute atomic E-state index is 13.3. The SMILES string of the molecule is COc1cc(F)c(Br)cc1C1(N)CCC1. The first kappa shape index (κ1) is 10.9. The summed E-state index contributed by atoms with van der Waals surface area (Å²) in [6.07, 6.45) is 2.98. The molecule has 0 bridgehead atoms. The lowest BCUT2D eigenvalue weighted by Gasteiger charge is -2.39. The minimum atomic E-state index is -0.332. The van der Waals surface area contributed by atoms with Gasteiger partial charge in [-0.05, 0) is 41.3 Å². The molecule has 4 heteroatoms. The summed E-state index contributed by atoms with van der Waals surface area (Å²) in [7, 11) is 1.54. The zero-order valence-corrected chi connectivity index (χ0v) is 10.1. The van der Waals surface area contributed by atoms with Crippen molar-refractivity contribution in [2.24, 2.45) is 5.73 Å². The molecule has 1 aliphatic carbocycles. The van der Waals surface area contributed by atoms with Crippen LogP contribution < -0.4 is 10.5 Å². The quantitative estimate of drug-likeness (QED) is 0.899. The Kier molecular flexibility index (Phi) is 2.73. The lowest BCUT2D eigenvalue weighted by atomic mass is 9.72. The van der Waals surface area contributed by atoms with Crippen LogP contribution in [0.1, 0.15) is 24.8 Å². The average Bonchev–Trinajstić information content (AvgIpc) is 2.18. The molecule has 1 saturated carbocycles. The highest BCUT2D eigenvalue weighted by Gasteiger charge is 2.37. The molecular weight excluding hydrogens is 261 g/mol. The van der Waals surface area contributed by atoms with E-state index in [4.69, 9.17) is 10.5 Å². The van der Waals surface area contributed by atoms with Crippen molar-refractivity contribution in [3.05, 3.63) is 28.0 Å². The van der Waals surface area contributed by atoms with Crippen LogP contribution in [0.25, 0.3) is 0 Å². The topological polar surface area (TPSA) is 35.2 Å². The van der Waals surface area contributed by atoms with Crippen molar-refractivity contribution in [1.82, 2.24) is 0 Å². The van der Waals surface area contributed by atoms with E-state index in [0.29, 0.717) is 10.2 Å². The van der Waals surface area contributed by atoms with Gasteiger partial charge in [0.2, 0.25) is 0 Å². The van der Waals surface area contributed by atoms with Gasteiger partial charge in [-0.1, -0.05) is 0 Å². The van der Waals surface area contributed by atoms with E-state index >= 15 is 0 Å². The van der Waals surface area contributed by atoms with E-state index in [2.05, 4.69) is 15.9 Å². The number of rotatable bonds is 2. The summed E-state index contributed by atoms with van der Waals surface area (Å²) < 4.78 is 18.9. The van der Waals surface area contributed by atoms with Gasteiger partial charge in [0.05, 0.1) is 11.6 Å². The number of ether oxygens (including phenoxy) is 1. The number of nitrogens with two attached hydrogens (primary N) is 1. The molecule has 1 aromatic carbocycles. The van der Waals surface area contributed by atoms with Gasteiger partial charge in [-0.3, -0.25) is 0 Å². The second kappa shape index (κ2) is 3.76. The number of halogens is 2. The van der Waals surface area contributed by atoms with Crippen LogP contribution in [-0.4, -0.2) is 7.11 Å². The molecule has 2 nitrogen and oxygen atoms in total. The van der Waals surface area contributed by atoms with E-state index in [-0.39, 0.29) is 11.4 Å².